The number of ether oxygens (including phenoxy) is 1. The van der Waals surface area contributed by atoms with Crippen LogP contribution in [0.4, 0.5) is 5.95 Å². The summed E-state index contributed by atoms with van der Waals surface area (Å²) in [6.45, 7) is 4.08. The molecule has 136 valence electrons. The van der Waals surface area contributed by atoms with Gasteiger partial charge in [0.15, 0.2) is 0 Å². The molecule has 0 radical (unpaired) electrons. The van der Waals surface area contributed by atoms with E-state index in [2.05, 4.69) is 70.7 Å². The van der Waals surface area contributed by atoms with Crippen molar-refractivity contribution in [3.05, 3.63) is 90.0 Å². The average molecular weight is 358 g/mol. The highest BCUT2D eigenvalue weighted by Gasteiger charge is 2.20. The maximum absolute atomic E-state index is 6.53. The third-order valence-corrected chi connectivity index (χ3v) is 4.80. The van der Waals surface area contributed by atoms with Gasteiger partial charge < -0.3 is 4.74 Å². The summed E-state index contributed by atoms with van der Waals surface area (Å²) in [6, 6.07) is 26.8. The number of nitrogens with zero attached hydrogens (tertiary/aromatic N) is 2. The molecular weight excluding hydrogens is 334 g/mol. The number of nitrogens with two attached hydrogens (primary N) is 1. The van der Waals surface area contributed by atoms with Crippen LogP contribution in [0.15, 0.2) is 78.9 Å². The van der Waals surface area contributed by atoms with Crippen molar-refractivity contribution in [2.45, 2.75) is 20.0 Å². The molecule has 0 atom stereocenters. The second-order valence-electron chi connectivity index (χ2n) is 6.73. The van der Waals surface area contributed by atoms with Crippen molar-refractivity contribution in [1.29, 1.82) is 0 Å². The Kier molecular flexibility index (Phi) is 4.79. The second-order valence-corrected chi connectivity index (χ2v) is 6.73. The molecule has 0 saturated heterocycles. The van der Waals surface area contributed by atoms with E-state index in [4.69, 9.17) is 10.5 Å². The topological polar surface area (TPSA) is 44.1 Å². The van der Waals surface area contributed by atoms with Crippen LogP contribution in [0.1, 0.15) is 11.1 Å². The lowest BCUT2D eigenvalue weighted by molar-refractivity contribution is -0.648. The Morgan fingerprint density at radius 2 is 1.59 bits per heavy atom. The molecule has 2 N–H and O–H groups in total. The lowest BCUT2D eigenvalue weighted by atomic mass is 10.2. The first-order valence-electron chi connectivity index (χ1n) is 9.22. The Balaban J connectivity index is 1.58. The van der Waals surface area contributed by atoms with E-state index in [1.54, 1.807) is 0 Å². The van der Waals surface area contributed by atoms with Crippen LogP contribution in [0.5, 0.6) is 5.75 Å². The molecule has 0 unspecified atom stereocenters. The minimum absolute atomic E-state index is 0.567. The lowest BCUT2D eigenvalue weighted by Gasteiger charge is -2.06. The van der Waals surface area contributed by atoms with E-state index >= 15 is 0 Å². The van der Waals surface area contributed by atoms with Crippen molar-refractivity contribution in [3.63, 3.8) is 0 Å². The van der Waals surface area contributed by atoms with E-state index in [1.165, 1.54) is 11.1 Å². The maximum Gasteiger partial charge on any atom is 0.356 e. The van der Waals surface area contributed by atoms with Gasteiger partial charge in [-0.25, -0.2) is 9.13 Å². The molecule has 3 aromatic carbocycles. The average Bonchev–Trinajstić information content (AvgIpc) is 2.96. The number of aromatic nitrogens is 2. The van der Waals surface area contributed by atoms with Gasteiger partial charge in [0, 0.05) is 0 Å². The summed E-state index contributed by atoms with van der Waals surface area (Å²) >= 11 is 0. The molecule has 0 bridgehead atoms. The second kappa shape index (κ2) is 7.54. The minimum Gasteiger partial charge on any atom is -0.490 e. The van der Waals surface area contributed by atoms with Gasteiger partial charge in [0.2, 0.25) is 0 Å². The van der Waals surface area contributed by atoms with E-state index < -0.39 is 0 Å². The summed E-state index contributed by atoms with van der Waals surface area (Å²) in [4.78, 5) is 0. The molecule has 0 amide bonds. The zero-order valence-electron chi connectivity index (χ0n) is 15.5. The molecule has 0 aliphatic heterocycles. The minimum atomic E-state index is 0.567. The summed E-state index contributed by atoms with van der Waals surface area (Å²) < 4.78 is 10.2. The first-order chi connectivity index (χ1) is 13.2. The van der Waals surface area contributed by atoms with Gasteiger partial charge in [0.1, 0.15) is 29.9 Å². The molecule has 0 spiro atoms. The van der Waals surface area contributed by atoms with E-state index in [-0.39, 0.29) is 0 Å². The van der Waals surface area contributed by atoms with Crippen molar-refractivity contribution in [2.24, 2.45) is 0 Å². The number of fused-ring (bicyclic) bond motifs is 1. The fourth-order valence-electron chi connectivity index (χ4n) is 3.37. The number of anilines is 1. The summed E-state index contributed by atoms with van der Waals surface area (Å²) in [6.07, 6.45) is 0. The van der Waals surface area contributed by atoms with Gasteiger partial charge in [-0.3, -0.25) is 5.73 Å². The number of aryl methyl sites for hydroxylation is 1. The summed E-state index contributed by atoms with van der Waals surface area (Å²) in [5, 5.41) is 0. The Morgan fingerprint density at radius 1 is 0.889 bits per heavy atom. The Hall–Kier alpha value is -3.27. The van der Waals surface area contributed by atoms with Gasteiger partial charge >= 0.3 is 5.95 Å². The highest BCUT2D eigenvalue weighted by Crippen LogP contribution is 2.18. The molecule has 27 heavy (non-hydrogen) atoms. The number of imidazole rings is 1. The van der Waals surface area contributed by atoms with E-state index in [0.29, 0.717) is 13.2 Å². The number of hydrogen-bond donors (Lipinski definition) is 1. The summed E-state index contributed by atoms with van der Waals surface area (Å²) in [5.41, 5.74) is 11.2. The number of benzene rings is 3. The Labute approximate surface area is 159 Å². The van der Waals surface area contributed by atoms with E-state index in [1.807, 2.05) is 24.3 Å². The van der Waals surface area contributed by atoms with Crippen molar-refractivity contribution < 1.29 is 9.30 Å². The molecule has 0 aliphatic carbocycles. The van der Waals surface area contributed by atoms with Crippen LogP contribution in [0.2, 0.25) is 0 Å². The maximum atomic E-state index is 6.53. The first-order valence-corrected chi connectivity index (χ1v) is 9.22. The van der Waals surface area contributed by atoms with Gasteiger partial charge in [0.25, 0.3) is 0 Å². The monoisotopic (exact) mass is 358 g/mol. The standard InChI is InChI=1S/C23H23N3O/c1-18-11-13-20(14-12-18)27-16-15-25-21-9-5-6-10-22(21)26(23(25)24)17-19-7-3-2-4-8-19/h2-14,24H,15-17H2,1H3/p+1. The molecule has 4 nitrogen and oxygen atoms in total. The molecule has 1 heterocycles. The quantitative estimate of drug-likeness (QED) is 0.531. The largest absolute Gasteiger partial charge is 0.490 e. The highest BCUT2D eigenvalue weighted by atomic mass is 16.5. The number of hydrogen-bond acceptors (Lipinski definition) is 2. The fraction of sp³-hybridized carbons (Fsp3) is 0.174. The molecule has 0 fully saturated rings. The van der Waals surface area contributed by atoms with Crippen LogP contribution < -0.4 is 15.0 Å². The van der Waals surface area contributed by atoms with E-state index in [9.17, 15) is 0 Å². The van der Waals surface area contributed by atoms with Crippen molar-refractivity contribution in [3.8, 4) is 5.75 Å². The Bertz CT molecular complexity index is 1040. The zero-order valence-corrected chi connectivity index (χ0v) is 15.5. The first kappa shape index (κ1) is 17.2. The van der Waals surface area contributed by atoms with Gasteiger partial charge in [-0.2, -0.15) is 0 Å². The van der Waals surface area contributed by atoms with Gasteiger partial charge in [-0.05, 0) is 36.8 Å². The lowest BCUT2D eigenvalue weighted by Crippen LogP contribution is -2.37. The molecular formula is C23H24N3O+. The fourth-order valence-corrected chi connectivity index (χ4v) is 3.37. The molecule has 4 heteroatoms. The van der Waals surface area contributed by atoms with Crippen LogP contribution in [-0.2, 0) is 13.1 Å². The molecule has 0 saturated carbocycles. The van der Waals surface area contributed by atoms with Gasteiger partial charge in [-0.1, -0.05) is 60.2 Å². The third kappa shape index (κ3) is 3.65. The van der Waals surface area contributed by atoms with Crippen LogP contribution in [0, 0.1) is 6.92 Å². The van der Waals surface area contributed by atoms with Gasteiger partial charge in [0.05, 0.1) is 6.54 Å². The van der Waals surface area contributed by atoms with Crippen molar-refractivity contribution in [1.82, 2.24) is 4.57 Å². The number of rotatable bonds is 6. The van der Waals surface area contributed by atoms with Gasteiger partial charge in [-0.15, -0.1) is 0 Å². The smallest absolute Gasteiger partial charge is 0.356 e. The highest BCUT2D eigenvalue weighted by molar-refractivity contribution is 5.73. The van der Waals surface area contributed by atoms with Crippen LogP contribution >= 0.6 is 0 Å². The zero-order chi connectivity index (χ0) is 18.6. The van der Waals surface area contributed by atoms with Crippen LogP contribution in [0.3, 0.4) is 0 Å². The molecule has 4 rings (SSSR count). The Morgan fingerprint density at radius 3 is 2.37 bits per heavy atom. The molecule has 0 aliphatic rings. The number of nitrogen functional groups attached to an aromatic ring is 1. The SMILES string of the molecule is Cc1ccc(OCCn2c(N)[n+](Cc3ccccc3)c3ccccc32)cc1. The molecule has 4 aromatic rings. The third-order valence-electron chi connectivity index (χ3n) is 4.80. The van der Waals surface area contributed by atoms with Crippen molar-refractivity contribution in [2.75, 3.05) is 12.3 Å². The predicted molar refractivity (Wildman–Crippen MR) is 109 cm³/mol. The van der Waals surface area contributed by atoms with E-state index in [0.717, 1.165) is 29.3 Å². The summed E-state index contributed by atoms with van der Waals surface area (Å²) in [5.74, 6) is 1.63. The number of para-hydroxylation sites is 2. The van der Waals surface area contributed by atoms with Crippen LogP contribution in [0.25, 0.3) is 11.0 Å². The normalized spacial score (nSPS) is 11.0. The predicted octanol–water partition coefficient (Wildman–Crippen LogP) is 3.95. The summed E-state index contributed by atoms with van der Waals surface area (Å²) in [7, 11) is 0. The van der Waals surface area contributed by atoms with Crippen molar-refractivity contribution >= 4 is 17.0 Å². The molecule has 1 aromatic heterocycles. The van der Waals surface area contributed by atoms with Crippen LogP contribution in [-0.4, -0.2) is 11.2 Å².